The smallest absolute Gasteiger partial charge is 0.340 e. The molecule has 4 nitrogen and oxygen atoms in total. The molecule has 0 radical (unpaired) electrons. The topological polar surface area (TPSA) is 48.4 Å². The summed E-state index contributed by atoms with van der Waals surface area (Å²) < 4.78 is 11.8. The number of carbonyl (C=O) groups is 1. The van der Waals surface area contributed by atoms with Gasteiger partial charge in [-0.05, 0) is 64.9 Å². The molecule has 1 aliphatic rings. The Balaban J connectivity index is 2.19. The number of hydrogen-bond acceptors (Lipinski definition) is 6. The van der Waals surface area contributed by atoms with Crippen LogP contribution in [0.4, 0.5) is 0 Å². The van der Waals surface area contributed by atoms with Crippen molar-refractivity contribution < 1.29 is 14.3 Å². The van der Waals surface area contributed by atoms with Gasteiger partial charge in [-0.3, -0.25) is 0 Å². The molecule has 2 aromatic heterocycles. The molecule has 0 spiro atoms. The van der Waals surface area contributed by atoms with Crippen molar-refractivity contribution in [2.24, 2.45) is 5.41 Å². The van der Waals surface area contributed by atoms with E-state index >= 15 is 0 Å². The van der Waals surface area contributed by atoms with Gasteiger partial charge in [0.1, 0.15) is 5.01 Å². The van der Waals surface area contributed by atoms with Crippen LogP contribution in [-0.2, 0) is 14.3 Å². The van der Waals surface area contributed by atoms with E-state index in [2.05, 4.69) is 31.8 Å². The Hall–Kier alpha value is -1.50. The van der Waals surface area contributed by atoms with Gasteiger partial charge in [0.15, 0.2) is 6.10 Å². The number of aromatic nitrogens is 1. The van der Waals surface area contributed by atoms with Gasteiger partial charge in [-0.2, -0.15) is 0 Å². The van der Waals surface area contributed by atoms with E-state index in [1.54, 1.807) is 22.7 Å². The molecule has 164 valence electrons. The predicted octanol–water partition coefficient (Wildman–Crippen LogP) is 7.19. The average molecular weight is 448 g/mol. The van der Waals surface area contributed by atoms with Gasteiger partial charge in [-0.1, -0.05) is 19.9 Å². The summed E-state index contributed by atoms with van der Waals surface area (Å²) in [7, 11) is 0. The van der Waals surface area contributed by atoms with Crippen LogP contribution in [0.3, 0.4) is 0 Å². The molecule has 6 heteroatoms. The maximum absolute atomic E-state index is 13.0. The number of aryl methyl sites for hydroxylation is 1. The average Bonchev–Trinajstić information content (AvgIpc) is 3.27. The van der Waals surface area contributed by atoms with Gasteiger partial charge in [0, 0.05) is 27.6 Å². The molecule has 0 amide bonds. The van der Waals surface area contributed by atoms with E-state index in [1.807, 2.05) is 39.3 Å². The molecule has 2 aromatic rings. The number of nitrogens with zero attached hydrogens (tertiary/aromatic N) is 1. The predicted molar refractivity (Wildman–Crippen MR) is 126 cm³/mol. The highest BCUT2D eigenvalue weighted by Gasteiger charge is 2.36. The van der Waals surface area contributed by atoms with Crippen LogP contribution in [0.5, 0.6) is 0 Å². The highest BCUT2D eigenvalue weighted by Crippen LogP contribution is 2.49. The zero-order chi connectivity index (χ0) is 22.1. The van der Waals surface area contributed by atoms with Crippen molar-refractivity contribution in [1.82, 2.24) is 4.98 Å². The lowest BCUT2D eigenvalue weighted by Gasteiger charge is -2.31. The standard InChI is InChI=1S/C24H33NO3S2/c1-8-27-22(26)19(28-23(3,4)5)17-15(2)30-20(21-25-13-14-29-21)18(17)16-9-11-24(6,7)12-10-16/h9,13-14,19H,8,10-12H2,1-7H3. The Kier molecular flexibility index (Phi) is 6.90. The van der Waals surface area contributed by atoms with Crippen LogP contribution in [-0.4, -0.2) is 23.2 Å². The number of rotatable bonds is 6. The van der Waals surface area contributed by atoms with Gasteiger partial charge in [-0.25, -0.2) is 9.78 Å². The molecule has 0 fully saturated rings. The lowest BCUT2D eigenvalue weighted by atomic mass is 9.76. The lowest BCUT2D eigenvalue weighted by molar-refractivity contribution is -0.166. The minimum Gasteiger partial charge on any atom is -0.464 e. The molecule has 2 heterocycles. The van der Waals surface area contributed by atoms with E-state index in [1.165, 1.54) is 5.57 Å². The van der Waals surface area contributed by atoms with Gasteiger partial charge < -0.3 is 9.47 Å². The quantitative estimate of drug-likeness (QED) is 0.440. The van der Waals surface area contributed by atoms with Crippen LogP contribution in [0.25, 0.3) is 15.5 Å². The van der Waals surface area contributed by atoms with Gasteiger partial charge in [-0.15, -0.1) is 22.7 Å². The Morgan fingerprint density at radius 3 is 2.60 bits per heavy atom. The second-order valence-corrected chi connectivity index (χ2v) is 11.7. The number of ether oxygens (including phenoxy) is 2. The van der Waals surface area contributed by atoms with E-state index in [9.17, 15) is 4.79 Å². The Morgan fingerprint density at radius 2 is 2.07 bits per heavy atom. The van der Waals surface area contributed by atoms with Crippen molar-refractivity contribution in [1.29, 1.82) is 0 Å². The molecule has 0 bridgehead atoms. The lowest BCUT2D eigenvalue weighted by Crippen LogP contribution is -2.29. The Morgan fingerprint density at radius 1 is 1.33 bits per heavy atom. The van der Waals surface area contributed by atoms with Crippen LogP contribution in [0.15, 0.2) is 17.7 Å². The van der Waals surface area contributed by atoms with Crippen molar-refractivity contribution >= 4 is 34.2 Å². The van der Waals surface area contributed by atoms with Gasteiger partial charge >= 0.3 is 5.97 Å². The normalized spacial score (nSPS) is 17.5. The number of esters is 1. The fourth-order valence-corrected chi connectivity index (χ4v) is 5.74. The Labute approximate surface area is 188 Å². The van der Waals surface area contributed by atoms with E-state index in [-0.39, 0.29) is 5.97 Å². The summed E-state index contributed by atoms with van der Waals surface area (Å²) in [6.07, 6.45) is 6.57. The summed E-state index contributed by atoms with van der Waals surface area (Å²) in [5, 5.41) is 2.99. The first-order valence-corrected chi connectivity index (χ1v) is 12.3. The summed E-state index contributed by atoms with van der Waals surface area (Å²) in [4.78, 5) is 19.8. The van der Waals surface area contributed by atoms with Crippen LogP contribution < -0.4 is 0 Å². The van der Waals surface area contributed by atoms with Crippen LogP contribution in [0, 0.1) is 12.3 Å². The fraction of sp³-hybridized carbons (Fsp3) is 0.583. The third kappa shape index (κ3) is 5.21. The van der Waals surface area contributed by atoms with E-state index < -0.39 is 11.7 Å². The minimum absolute atomic E-state index is 0.304. The van der Waals surface area contributed by atoms with Crippen LogP contribution >= 0.6 is 22.7 Å². The van der Waals surface area contributed by atoms with Gasteiger partial charge in [0.25, 0.3) is 0 Å². The van der Waals surface area contributed by atoms with Crippen molar-refractivity contribution in [2.75, 3.05) is 6.61 Å². The second kappa shape index (κ2) is 8.93. The van der Waals surface area contributed by atoms with Crippen LogP contribution in [0.1, 0.15) is 82.9 Å². The number of hydrogen-bond donors (Lipinski definition) is 0. The molecule has 1 atom stereocenters. The third-order valence-corrected chi connectivity index (χ3v) is 7.33. The third-order valence-electron chi connectivity index (χ3n) is 5.28. The van der Waals surface area contributed by atoms with Crippen molar-refractivity contribution in [3.8, 4) is 9.88 Å². The zero-order valence-electron chi connectivity index (χ0n) is 19.1. The first kappa shape index (κ1) is 23.2. The van der Waals surface area contributed by atoms with E-state index in [4.69, 9.17) is 9.47 Å². The first-order valence-electron chi connectivity index (χ1n) is 10.6. The van der Waals surface area contributed by atoms with Gasteiger partial charge in [0.05, 0.1) is 17.1 Å². The molecule has 30 heavy (non-hydrogen) atoms. The summed E-state index contributed by atoms with van der Waals surface area (Å²) in [5.74, 6) is -0.322. The fourth-order valence-electron chi connectivity index (χ4n) is 3.78. The summed E-state index contributed by atoms with van der Waals surface area (Å²) in [6.45, 7) is 14.8. The SMILES string of the molecule is CCOC(=O)C(OC(C)(C)C)c1c(C)sc(-c2nccs2)c1C1=CCC(C)(C)CC1. The minimum atomic E-state index is -0.749. The second-order valence-electron chi connectivity index (χ2n) is 9.57. The molecule has 1 unspecified atom stereocenters. The molecule has 0 saturated heterocycles. The van der Waals surface area contributed by atoms with Crippen molar-refractivity contribution in [3.05, 3.63) is 33.7 Å². The van der Waals surface area contributed by atoms with Gasteiger partial charge in [0.2, 0.25) is 0 Å². The maximum Gasteiger partial charge on any atom is 0.340 e. The molecule has 0 aromatic carbocycles. The highest BCUT2D eigenvalue weighted by atomic mass is 32.1. The monoisotopic (exact) mass is 447 g/mol. The van der Waals surface area contributed by atoms with E-state index in [0.717, 1.165) is 45.2 Å². The summed E-state index contributed by atoms with van der Waals surface area (Å²) in [6, 6.07) is 0. The summed E-state index contributed by atoms with van der Waals surface area (Å²) in [5.41, 5.74) is 3.20. The number of carbonyl (C=O) groups excluding carboxylic acids is 1. The molecular formula is C24H33NO3S2. The molecule has 0 N–H and O–H groups in total. The molecule has 0 saturated carbocycles. The van der Waals surface area contributed by atoms with Crippen molar-refractivity contribution in [2.45, 2.75) is 79.4 Å². The number of thiophene rings is 1. The van der Waals surface area contributed by atoms with Crippen molar-refractivity contribution in [3.63, 3.8) is 0 Å². The number of thiazole rings is 1. The number of allylic oxidation sites excluding steroid dienone is 2. The molecule has 1 aliphatic carbocycles. The maximum atomic E-state index is 13.0. The zero-order valence-corrected chi connectivity index (χ0v) is 20.8. The van der Waals surface area contributed by atoms with E-state index in [0.29, 0.717) is 12.0 Å². The van der Waals surface area contributed by atoms with Crippen LogP contribution in [0.2, 0.25) is 0 Å². The first-order chi connectivity index (χ1) is 14.0. The Bertz CT molecular complexity index is 917. The summed E-state index contributed by atoms with van der Waals surface area (Å²) >= 11 is 3.34. The molecular weight excluding hydrogens is 414 g/mol. The largest absolute Gasteiger partial charge is 0.464 e. The molecule has 3 rings (SSSR count). The highest BCUT2D eigenvalue weighted by molar-refractivity contribution is 7.21. The molecule has 0 aliphatic heterocycles.